The number of aryl methyl sites for hydroxylation is 2. The molecule has 0 bridgehead atoms. The first-order valence-corrected chi connectivity index (χ1v) is 8.22. The second-order valence-electron chi connectivity index (χ2n) is 5.44. The van der Waals surface area contributed by atoms with Gasteiger partial charge in [-0.3, -0.25) is 9.78 Å². The molecule has 1 fully saturated rings. The maximum absolute atomic E-state index is 11.7. The molecule has 3 heteroatoms. The smallest absolute Gasteiger partial charge is 0.308 e. The first-order chi connectivity index (χ1) is 10.1. The van der Waals surface area contributed by atoms with E-state index in [1.54, 1.807) is 0 Å². The topological polar surface area (TPSA) is 39.2 Å². The van der Waals surface area contributed by atoms with E-state index >= 15 is 0 Å². The minimum absolute atomic E-state index is 0.0194. The Kier molecular flexibility index (Phi) is 7.41. The van der Waals surface area contributed by atoms with Gasteiger partial charge in [0.25, 0.3) is 0 Å². The summed E-state index contributed by atoms with van der Waals surface area (Å²) in [5.74, 6) is 0.585. The molecule has 1 saturated carbocycles. The average molecular weight is 291 g/mol. The van der Waals surface area contributed by atoms with E-state index in [-0.39, 0.29) is 11.9 Å². The molecule has 1 aliphatic rings. The lowest BCUT2D eigenvalue weighted by atomic mass is 9.80. The fourth-order valence-electron chi connectivity index (χ4n) is 2.76. The molecule has 1 aromatic heterocycles. The lowest BCUT2D eigenvalue weighted by molar-refractivity contribution is -0.149. The van der Waals surface area contributed by atoms with Crippen molar-refractivity contribution in [3.05, 3.63) is 29.1 Å². The fourth-order valence-corrected chi connectivity index (χ4v) is 2.76. The van der Waals surface area contributed by atoms with Gasteiger partial charge in [-0.2, -0.15) is 0 Å². The van der Waals surface area contributed by atoms with Gasteiger partial charge in [-0.25, -0.2) is 0 Å². The van der Waals surface area contributed by atoms with Crippen LogP contribution in [0.1, 0.15) is 69.3 Å². The summed E-state index contributed by atoms with van der Waals surface area (Å²) in [5, 5.41) is 0. The van der Waals surface area contributed by atoms with Gasteiger partial charge in [0.2, 0.25) is 0 Å². The largest absolute Gasteiger partial charge is 0.466 e. The van der Waals surface area contributed by atoms with Crippen LogP contribution in [-0.2, 0) is 9.53 Å². The van der Waals surface area contributed by atoms with Gasteiger partial charge in [0.15, 0.2) is 0 Å². The van der Waals surface area contributed by atoms with Gasteiger partial charge in [-0.05, 0) is 58.1 Å². The van der Waals surface area contributed by atoms with E-state index in [1.807, 2.05) is 20.8 Å². The Morgan fingerprint density at radius 2 is 1.81 bits per heavy atom. The minimum Gasteiger partial charge on any atom is -0.466 e. The van der Waals surface area contributed by atoms with Crippen LogP contribution >= 0.6 is 0 Å². The van der Waals surface area contributed by atoms with Crippen LogP contribution in [0, 0.1) is 19.8 Å². The maximum Gasteiger partial charge on any atom is 0.308 e. The zero-order valence-corrected chi connectivity index (χ0v) is 14.1. The first kappa shape index (κ1) is 17.7. The molecule has 0 radical (unpaired) electrons. The lowest BCUT2D eigenvalue weighted by Gasteiger charge is -2.27. The number of hydrogen-bond donors (Lipinski definition) is 0. The summed E-state index contributed by atoms with van der Waals surface area (Å²) in [5.41, 5.74) is 3.54. The van der Waals surface area contributed by atoms with Crippen LogP contribution in [0.4, 0.5) is 0 Å². The Balaban J connectivity index is 0.00000106. The third-order valence-corrected chi connectivity index (χ3v) is 4.14. The molecule has 0 atom stereocenters. The highest BCUT2D eigenvalue weighted by atomic mass is 16.5. The molecule has 0 spiro atoms. The summed E-state index contributed by atoms with van der Waals surface area (Å²) in [6.45, 7) is 10.5. The molecule has 1 aromatic rings. The fraction of sp³-hybridized carbons (Fsp3) is 0.667. The quantitative estimate of drug-likeness (QED) is 0.766. The molecular formula is C18H29NO2. The molecule has 21 heavy (non-hydrogen) atoms. The molecule has 0 N–H and O–H groups in total. The molecule has 3 nitrogen and oxygen atoms in total. The van der Waals surface area contributed by atoms with Crippen LogP contribution in [0.2, 0.25) is 0 Å². The molecule has 0 aromatic carbocycles. The Morgan fingerprint density at radius 1 is 1.19 bits per heavy atom. The second kappa shape index (κ2) is 8.81. The SMILES string of the molecule is CC.CCOC(=O)C1CCC(c2ccc(C)c(C)n2)CC1. The number of hydrogen-bond acceptors (Lipinski definition) is 3. The van der Waals surface area contributed by atoms with Gasteiger partial charge in [0.05, 0.1) is 12.5 Å². The predicted octanol–water partition coefficient (Wildman–Crippen LogP) is 4.56. The lowest BCUT2D eigenvalue weighted by Crippen LogP contribution is -2.23. The van der Waals surface area contributed by atoms with Gasteiger partial charge in [0, 0.05) is 17.3 Å². The van der Waals surface area contributed by atoms with Crippen LogP contribution in [0.3, 0.4) is 0 Å². The molecule has 0 amide bonds. The highest BCUT2D eigenvalue weighted by Crippen LogP contribution is 2.35. The van der Waals surface area contributed by atoms with Crippen LogP contribution in [-0.4, -0.2) is 17.6 Å². The van der Waals surface area contributed by atoms with Gasteiger partial charge in [-0.1, -0.05) is 19.9 Å². The zero-order valence-electron chi connectivity index (χ0n) is 14.1. The summed E-state index contributed by atoms with van der Waals surface area (Å²) in [4.78, 5) is 16.4. The van der Waals surface area contributed by atoms with E-state index in [0.717, 1.165) is 31.4 Å². The van der Waals surface area contributed by atoms with E-state index in [1.165, 1.54) is 11.3 Å². The van der Waals surface area contributed by atoms with Crippen molar-refractivity contribution >= 4 is 5.97 Å². The number of carbonyl (C=O) groups excluding carboxylic acids is 1. The Labute approximate surface area is 129 Å². The monoisotopic (exact) mass is 291 g/mol. The van der Waals surface area contributed by atoms with Crippen molar-refractivity contribution in [3.8, 4) is 0 Å². The third-order valence-electron chi connectivity index (χ3n) is 4.14. The normalized spacial score (nSPS) is 21.2. The molecule has 0 saturated heterocycles. The third kappa shape index (κ3) is 4.83. The Bertz CT molecular complexity index is 449. The summed E-state index contributed by atoms with van der Waals surface area (Å²) in [6.07, 6.45) is 3.94. The van der Waals surface area contributed by atoms with Crippen LogP contribution in [0.15, 0.2) is 12.1 Å². The van der Waals surface area contributed by atoms with E-state index in [4.69, 9.17) is 4.74 Å². The minimum atomic E-state index is -0.0194. The number of ether oxygens (including phenoxy) is 1. The van der Waals surface area contributed by atoms with E-state index in [9.17, 15) is 4.79 Å². The van der Waals surface area contributed by atoms with Crippen molar-refractivity contribution < 1.29 is 9.53 Å². The molecule has 1 heterocycles. The van der Waals surface area contributed by atoms with Gasteiger partial charge in [-0.15, -0.1) is 0 Å². The van der Waals surface area contributed by atoms with Crippen molar-refractivity contribution in [1.29, 1.82) is 0 Å². The van der Waals surface area contributed by atoms with Gasteiger partial charge in [0.1, 0.15) is 0 Å². The van der Waals surface area contributed by atoms with Crippen molar-refractivity contribution in [1.82, 2.24) is 4.98 Å². The highest BCUT2D eigenvalue weighted by Gasteiger charge is 2.28. The molecular weight excluding hydrogens is 262 g/mol. The molecule has 0 aliphatic heterocycles. The molecule has 1 aliphatic carbocycles. The van der Waals surface area contributed by atoms with Crippen molar-refractivity contribution in [2.75, 3.05) is 6.61 Å². The Morgan fingerprint density at radius 3 is 2.33 bits per heavy atom. The molecule has 2 rings (SSSR count). The standard InChI is InChI=1S/C16H23NO2.C2H6/c1-4-19-16(18)14-8-6-13(7-9-14)15-10-5-11(2)12(3)17-15;1-2/h5,10,13-14H,4,6-9H2,1-3H3;1-2H3. The van der Waals surface area contributed by atoms with Crippen LogP contribution in [0.25, 0.3) is 0 Å². The van der Waals surface area contributed by atoms with E-state index < -0.39 is 0 Å². The zero-order chi connectivity index (χ0) is 15.8. The first-order valence-electron chi connectivity index (χ1n) is 8.22. The molecule has 118 valence electrons. The van der Waals surface area contributed by atoms with Crippen molar-refractivity contribution in [2.45, 2.75) is 66.2 Å². The highest BCUT2D eigenvalue weighted by molar-refractivity contribution is 5.72. The summed E-state index contributed by atoms with van der Waals surface area (Å²) in [6, 6.07) is 4.28. The van der Waals surface area contributed by atoms with E-state index in [2.05, 4.69) is 31.0 Å². The molecule has 0 unspecified atom stereocenters. The van der Waals surface area contributed by atoms with Crippen LogP contribution in [0.5, 0.6) is 0 Å². The Hall–Kier alpha value is -1.38. The summed E-state index contributed by atoms with van der Waals surface area (Å²) >= 11 is 0. The number of pyridine rings is 1. The number of aromatic nitrogens is 1. The summed E-state index contributed by atoms with van der Waals surface area (Å²) in [7, 11) is 0. The predicted molar refractivity (Wildman–Crippen MR) is 86.4 cm³/mol. The second-order valence-corrected chi connectivity index (χ2v) is 5.44. The number of nitrogens with zero attached hydrogens (tertiary/aromatic N) is 1. The van der Waals surface area contributed by atoms with Gasteiger partial charge < -0.3 is 4.74 Å². The van der Waals surface area contributed by atoms with Gasteiger partial charge >= 0.3 is 5.97 Å². The summed E-state index contributed by atoms with van der Waals surface area (Å²) < 4.78 is 5.10. The average Bonchev–Trinajstić information content (AvgIpc) is 2.52. The van der Waals surface area contributed by atoms with Crippen LogP contribution < -0.4 is 0 Å². The van der Waals surface area contributed by atoms with Crippen molar-refractivity contribution in [3.63, 3.8) is 0 Å². The number of carbonyl (C=O) groups is 1. The number of esters is 1. The maximum atomic E-state index is 11.7. The van der Waals surface area contributed by atoms with Crippen molar-refractivity contribution in [2.24, 2.45) is 5.92 Å². The van der Waals surface area contributed by atoms with E-state index in [0.29, 0.717) is 12.5 Å². The number of rotatable bonds is 3.